The fourth-order valence-corrected chi connectivity index (χ4v) is 2.09. The second-order valence-electron chi connectivity index (χ2n) is 4.64. The minimum Gasteiger partial charge on any atom is -0.385 e. The average Bonchev–Trinajstić information content (AvgIpc) is 2.38. The molecule has 0 bridgehead atoms. The lowest BCUT2D eigenvalue weighted by molar-refractivity contribution is 0.186. The fraction of sp³-hybridized carbons (Fsp3) is 0.600. The first-order valence-electron chi connectivity index (χ1n) is 6.70. The highest BCUT2D eigenvalue weighted by molar-refractivity contribution is 5.16. The molecule has 0 aliphatic heterocycles. The fourth-order valence-electron chi connectivity index (χ4n) is 2.09. The monoisotopic (exact) mass is 253 g/mol. The van der Waals surface area contributed by atoms with Gasteiger partial charge in [0.25, 0.3) is 0 Å². The van der Waals surface area contributed by atoms with Crippen LogP contribution in [0.15, 0.2) is 24.3 Å². The number of hydrogen-bond acceptors (Lipinski definition) is 2. The summed E-state index contributed by atoms with van der Waals surface area (Å²) in [6.45, 7) is 4.93. The minimum absolute atomic E-state index is 0.165. The molecule has 102 valence electrons. The van der Waals surface area contributed by atoms with E-state index in [1.54, 1.807) is 7.11 Å². The van der Waals surface area contributed by atoms with Crippen LogP contribution in [0.1, 0.15) is 25.3 Å². The molecular formula is C15H24FNO. The molecule has 1 aromatic carbocycles. The second kappa shape index (κ2) is 9.06. The van der Waals surface area contributed by atoms with Gasteiger partial charge in [-0.15, -0.1) is 0 Å². The standard InChI is InChI=1S/C15H24FNO/c1-3-17-12-14(5-4-10-18-2)11-13-6-8-15(16)9-7-13/h6-9,14,17H,3-5,10-12H2,1-2H3. The Bertz CT molecular complexity index is 313. The number of methoxy groups -OCH3 is 1. The third kappa shape index (κ3) is 6.12. The summed E-state index contributed by atoms with van der Waals surface area (Å²) < 4.78 is 17.9. The predicted octanol–water partition coefficient (Wildman–Crippen LogP) is 3.02. The molecule has 0 heterocycles. The molecule has 0 saturated heterocycles. The molecule has 1 N–H and O–H groups in total. The van der Waals surface area contributed by atoms with Crippen molar-refractivity contribution >= 4 is 0 Å². The second-order valence-corrected chi connectivity index (χ2v) is 4.64. The van der Waals surface area contributed by atoms with Gasteiger partial charge in [0.2, 0.25) is 0 Å². The van der Waals surface area contributed by atoms with Crippen LogP contribution < -0.4 is 5.32 Å². The highest BCUT2D eigenvalue weighted by Crippen LogP contribution is 2.14. The van der Waals surface area contributed by atoms with Gasteiger partial charge in [-0.2, -0.15) is 0 Å². The van der Waals surface area contributed by atoms with E-state index >= 15 is 0 Å². The molecule has 18 heavy (non-hydrogen) atoms. The van der Waals surface area contributed by atoms with E-state index in [0.29, 0.717) is 5.92 Å². The molecule has 1 aromatic rings. The lowest BCUT2D eigenvalue weighted by Gasteiger charge is -2.17. The van der Waals surface area contributed by atoms with Gasteiger partial charge >= 0.3 is 0 Å². The van der Waals surface area contributed by atoms with E-state index in [9.17, 15) is 4.39 Å². The molecule has 0 aliphatic rings. The van der Waals surface area contributed by atoms with E-state index in [1.165, 1.54) is 17.7 Å². The third-order valence-corrected chi connectivity index (χ3v) is 3.08. The Morgan fingerprint density at radius 2 is 2.00 bits per heavy atom. The summed E-state index contributed by atoms with van der Waals surface area (Å²) in [6, 6.07) is 6.83. The predicted molar refractivity (Wildman–Crippen MR) is 73.2 cm³/mol. The van der Waals surface area contributed by atoms with Gasteiger partial charge in [0.05, 0.1) is 0 Å². The summed E-state index contributed by atoms with van der Waals surface area (Å²) in [5.41, 5.74) is 1.21. The van der Waals surface area contributed by atoms with Crippen molar-refractivity contribution in [2.45, 2.75) is 26.2 Å². The first kappa shape index (κ1) is 15.1. The molecule has 0 fully saturated rings. The van der Waals surface area contributed by atoms with E-state index in [1.807, 2.05) is 12.1 Å². The number of ether oxygens (including phenoxy) is 1. The van der Waals surface area contributed by atoms with Gasteiger partial charge < -0.3 is 10.1 Å². The van der Waals surface area contributed by atoms with Crippen LogP contribution >= 0.6 is 0 Å². The molecule has 0 spiro atoms. The van der Waals surface area contributed by atoms with Gasteiger partial charge in [-0.1, -0.05) is 19.1 Å². The lowest BCUT2D eigenvalue weighted by atomic mass is 9.94. The SMILES string of the molecule is CCNCC(CCCOC)Cc1ccc(F)cc1. The first-order chi connectivity index (χ1) is 8.76. The van der Waals surface area contributed by atoms with Crippen LogP contribution in [-0.2, 0) is 11.2 Å². The van der Waals surface area contributed by atoms with Gasteiger partial charge in [0.1, 0.15) is 5.82 Å². The lowest BCUT2D eigenvalue weighted by Crippen LogP contribution is -2.24. The number of hydrogen-bond donors (Lipinski definition) is 1. The molecule has 0 aliphatic carbocycles. The van der Waals surface area contributed by atoms with Crippen molar-refractivity contribution in [1.29, 1.82) is 0 Å². The van der Waals surface area contributed by atoms with Crippen molar-refractivity contribution in [2.75, 3.05) is 26.8 Å². The topological polar surface area (TPSA) is 21.3 Å². The van der Waals surface area contributed by atoms with E-state index in [-0.39, 0.29) is 5.82 Å². The molecule has 0 amide bonds. The summed E-state index contributed by atoms with van der Waals surface area (Å²) in [6.07, 6.45) is 3.21. The summed E-state index contributed by atoms with van der Waals surface area (Å²) in [4.78, 5) is 0. The van der Waals surface area contributed by atoms with Gasteiger partial charge in [0.15, 0.2) is 0 Å². The molecule has 1 unspecified atom stereocenters. The smallest absolute Gasteiger partial charge is 0.123 e. The Morgan fingerprint density at radius 3 is 2.61 bits per heavy atom. The van der Waals surface area contributed by atoms with E-state index in [2.05, 4.69) is 12.2 Å². The number of nitrogens with one attached hydrogen (secondary N) is 1. The van der Waals surface area contributed by atoms with E-state index in [0.717, 1.165) is 39.0 Å². The Hall–Kier alpha value is -0.930. The van der Waals surface area contributed by atoms with Crippen molar-refractivity contribution < 1.29 is 9.13 Å². The van der Waals surface area contributed by atoms with E-state index < -0.39 is 0 Å². The highest BCUT2D eigenvalue weighted by Gasteiger charge is 2.09. The number of halogens is 1. The van der Waals surface area contributed by atoms with Gasteiger partial charge in [-0.3, -0.25) is 0 Å². The quantitative estimate of drug-likeness (QED) is 0.683. The summed E-state index contributed by atoms with van der Waals surface area (Å²) >= 11 is 0. The largest absolute Gasteiger partial charge is 0.385 e. The molecule has 2 nitrogen and oxygen atoms in total. The van der Waals surface area contributed by atoms with Crippen molar-refractivity contribution in [3.8, 4) is 0 Å². The Morgan fingerprint density at radius 1 is 1.28 bits per heavy atom. The zero-order valence-electron chi connectivity index (χ0n) is 11.4. The molecule has 0 aromatic heterocycles. The van der Waals surface area contributed by atoms with Crippen molar-refractivity contribution in [1.82, 2.24) is 5.32 Å². The maximum atomic E-state index is 12.8. The van der Waals surface area contributed by atoms with Crippen molar-refractivity contribution in [3.05, 3.63) is 35.6 Å². The van der Waals surface area contributed by atoms with Crippen LogP contribution in [0.2, 0.25) is 0 Å². The van der Waals surface area contributed by atoms with Crippen LogP contribution in [0.4, 0.5) is 4.39 Å². The molecule has 1 rings (SSSR count). The van der Waals surface area contributed by atoms with Gasteiger partial charge in [-0.05, 0) is 56.0 Å². The molecular weight excluding hydrogens is 229 g/mol. The van der Waals surface area contributed by atoms with Gasteiger partial charge in [0, 0.05) is 13.7 Å². The minimum atomic E-state index is -0.165. The van der Waals surface area contributed by atoms with Crippen LogP contribution in [0.3, 0.4) is 0 Å². The molecule has 3 heteroatoms. The summed E-state index contributed by atoms with van der Waals surface area (Å²) in [5.74, 6) is 0.423. The number of benzene rings is 1. The maximum absolute atomic E-state index is 12.8. The molecule has 0 saturated carbocycles. The molecule has 0 radical (unpaired) electrons. The maximum Gasteiger partial charge on any atom is 0.123 e. The number of rotatable bonds is 9. The van der Waals surface area contributed by atoms with Gasteiger partial charge in [-0.25, -0.2) is 4.39 Å². The van der Waals surface area contributed by atoms with Crippen LogP contribution in [-0.4, -0.2) is 26.8 Å². The zero-order chi connectivity index (χ0) is 13.2. The van der Waals surface area contributed by atoms with E-state index in [4.69, 9.17) is 4.74 Å². The summed E-state index contributed by atoms with van der Waals surface area (Å²) in [7, 11) is 1.74. The molecule has 1 atom stereocenters. The Balaban J connectivity index is 2.45. The van der Waals surface area contributed by atoms with Crippen LogP contribution in [0.5, 0.6) is 0 Å². The van der Waals surface area contributed by atoms with Crippen LogP contribution in [0.25, 0.3) is 0 Å². The van der Waals surface area contributed by atoms with Crippen LogP contribution in [0, 0.1) is 11.7 Å². The summed E-state index contributed by atoms with van der Waals surface area (Å²) in [5, 5.41) is 3.39. The Labute approximate surface area is 110 Å². The van der Waals surface area contributed by atoms with Crippen molar-refractivity contribution in [3.63, 3.8) is 0 Å². The first-order valence-corrected chi connectivity index (χ1v) is 6.70. The average molecular weight is 253 g/mol. The normalized spacial score (nSPS) is 12.6. The highest BCUT2D eigenvalue weighted by atomic mass is 19.1. The Kier molecular flexibility index (Phi) is 7.62. The zero-order valence-corrected chi connectivity index (χ0v) is 11.4. The van der Waals surface area contributed by atoms with Crippen molar-refractivity contribution in [2.24, 2.45) is 5.92 Å². The third-order valence-electron chi connectivity index (χ3n) is 3.08.